The number of ether oxygens (including phenoxy) is 4. The molecule has 0 atom stereocenters. The molecule has 0 bridgehead atoms. The highest BCUT2D eigenvalue weighted by atomic mass is 16.5. The van der Waals surface area contributed by atoms with Crippen LogP contribution in [0.3, 0.4) is 0 Å². The molecule has 0 unspecified atom stereocenters. The largest absolute Gasteiger partial charge is 0.497 e. The molecule has 2 rings (SSSR count). The third kappa shape index (κ3) is 3.90. The third-order valence-corrected chi connectivity index (χ3v) is 3.57. The summed E-state index contributed by atoms with van der Waals surface area (Å²) in [7, 11) is 6.24. The summed E-state index contributed by atoms with van der Waals surface area (Å²) < 4.78 is 21.1. The molecule has 2 aromatic carbocycles. The van der Waals surface area contributed by atoms with E-state index in [0.717, 1.165) is 5.56 Å². The Hall–Kier alpha value is -2.89. The first-order chi connectivity index (χ1) is 11.6. The Bertz CT molecular complexity index is 689. The summed E-state index contributed by atoms with van der Waals surface area (Å²) in [6.07, 6.45) is 0. The topological polar surface area (TPSA) is 66.0 Å². The van der Waals surface area contributed by atoms with E-state index in [9.17, 15) is 4.79 Å². The summed E-state index contributed by atoms with van der Waals surface area (Å²) >= 11 is 0. The second-order valence-electron chi connectivity index (χ2n) is 4.93. The lowest BCUT2D eigenvalue weighted by Crippen LogP contribution is -2.23. The lowest BCUT2D eigenvalue weighted by Gasteiger charge is -2.15. The van der Waals surface area contributed by atoms with E-state index in [1.54, 1.807) is 64.8 Å². The van der Waals surface area contributed by atoms with E-state index < -0.39 is 0 Å². The molecule has 0 saturated carbocycles. The van der Waals surface area contributed by atoms with Gasteiger partial charge in [-0.3, -0.25) is 4.79 Å². The molecule has 2 aromatic rings. The van der Waals surface area contributed by atoms with Gasteiger partial charge in [0, 0.05) is 17.7 Å². The van der Waals surface area contributed by atoms with Gasteiger partial charge in [0.2, 0.25) is 0 Å². The summed E-state index contributed by atoms with van der Waals surface area (Å²) in [5.74, 6) is 2.19. The second-order valence-corrected chi connectivity index (χ2v) is 4.93. The molecular weight excluding hydrogens is 310 g/mol. The van der Waals surface area contributed by atoms with Crippen molar-refractivity contribution in [2.45, 2.75) is 6.54 Å². The number of carbonyl (C=O) groups is 1. The molecule has 6 heteroatoms. The number of rotatable bonds is 7. The molecular formula is C18H21NO5. The van der Waals surface area contributed by atoms with Crippen LogP contribution < -0.4 is 24.3 Å². The van der Waals surface area contributed by atoms with Gasteiger partial charge in [-0.25, -0.2) is 0 Å². The van der Waals surface area contributed by atoms with Crippen molar-refractivity contribution < 1.29 is 23.7 Å². The minimum atomic E-state index is -0.214. The van der Waals surface area contributed by atoms with E-state index in [0.29, 0.717) is 28.6 Å². The first-order valence-electron chi connectivity index (χ1n) is 7.34. The summed E-state index contributed by atoms with van der Waals surface area (Å²) in [5.41, 5.74) is 1.25. The average Bonchev–Trinajstić information content (AvgIpc) is 2.65. The van der Waals surface area contributed by atoms with Crippen LogP contribution in [0.2, 0.25) is 0 Å². The highest BCUT2D eigenvalue weighted by Crippen LogP contribution is 2.33. The van der Waals surface area contributed by atoms with Gasteiger partial charge in [-0.05, 0) is 18.2 Å². The van der Waals surface area contributed by atoms with Crippen molar-refractivity contribution in [2.75, 3.05) is 28.4 Å². The molecule has 128 valence electrons. The second kappa shape index (κ2) is 8.10. The lowest BCUT2D eigenvalue weighted by atomic mass is 10.1. The predicted octanol–water partition coefficient (Wildman–Crippen LogP) is 2.65. The molecule has 24 heavy (non-hydrogen) atoms. The van der Waals surface area contributed by atoms with Crippen LogP contribution in [0.15, 0.2) is 36.4 Å². The molecule has 0 heterocycles. The minimum Gasteiger partial charge on any atom is -0.497 e. The molecule has 0 aliphatic heterocycles. The lowest BCUT2D eigenvalue weighted by molar-refractivity contribution is 0.0950. The van der Waals surface area contributed by atoms with Crippen LogP contribution in [0.4, 0.5) is 0 Å². The van der Waals surface area contributed by atoms with Crippen LogP contribution in [0, 0.1) is 0 Å². The van der Waals surface area contributed by atoms with Gasteiger partial charge in [-0.1, -0.05) is 6.07 Å². The van der Waals surface area contributed by atoms with Gasteiger partial charge in [0.25, 0.3) is 5.91 Å². The predicted molar refractivity (Wildman–Crippen MR) is 90.3 cm³/mol. The van der Waals surface area contributed by atoms with Gasteiger partial charge in [0.15, 0.2) is 0 Å². The Labute approximate surface area is 141 Å². The van der Waals surface area contributed by atoms with E-state index in [-0.39, 0.29) is 12.5 Å². The van der Waals surface area contributed by atoms with Crippen LogP contribution >= 0.6 is 0 Å². The number of carbonyl (C=O) groups excluding carboxylic acids is 1. The fourth-order valence-electron chi connectivity index (χ4n) is 2.29. The number of amides is 1. The summed E-state index contributed by atoms with van der Waals surface area (Å²) in [5, 5.41) is 2.86. The molecule has 0 saturated heterocycles. The van der Waals surface area contributed by atoms with Crippen LogP contribution in [-0.4, -0.2) is 34.3 Å². The van der Waals surface area contributed by atoms with Gasteiger partial charge < -0.3 is 24.3 Å². The smallest absolute Gasteiger partial charge is 0.251 e. The van der Waals surface area contributed by atoms with Gasteiger partial charge in [-0.2, -0.15) is 0 Å². The highest BCUT2D eigenvalue weighted by Gasteiger charge is 2.15. The van der Waals surface area contributed by atoms with Gasteiger partial charge in [0.1, 0.15) is 23.0 Å². The maximum atomic E-state index is 12.3. The highest BCUT2D eigenvalue weighted by molar-refractivity contribution is 5.94. The quantitative estimate of drug-likeness (QED) is 0.845. The number of hydrogen-bond acceptors (Lipinski definition) is 5. The standard InChI is InChI=1S/C18H21NO5/c1-21-13-7-5-6-12(8-13)18(20)19-11-15-16(23-3)9-14(22-2)10-17(15)24-4/h5-10H,11H2,1-4H3,(H,19,20). The molecule has 0 fully saturated rings. The number of benzene rings is 2. The Morgan fingerprint density at radius 2 is 1.50 bits per heavy atom. The molecule has 0 aliphatic carbocycles. The molecule has 0 aromatic heterocycles. The van der Waals surface area contributed by atoms with Crippen molar-refractivity contribution in [3.63, 3.8) is 0 Å². The van der Waals surface area contributed by atoms with E-state index in [1.165, 1.54) is 0 Å². The van der Waals surface area contributed by atoms with Crippen molar-refractivity contribution in [2.24, 2.45) is 0 Å². The third-order valence-electron chi connectivity index (χ3n) is 3.57. The van der Waals surface area contributed by atoms with Crippen molar-refractivity contribution in [3.05, 3.63) is 47.5 Å². The van der Waals surface area contributed by atoms with Gasteiger partial charge in [0.05, 0.1) is 40.5 Å². The SMILES string of the molecule is COc1cccc(C(=O)NCc2c(OC)cc(OC)cc2OC)c1. The molecule has 0 radical (unpaired) electrons. The van der Waals surface area contributed by atoms with E-state index in [2.05, 4.69) is 5.32 Å². The van der Waals surface area contributed by atoms with Crippen LogP contribution in [0.1, 0.15) is 15.9 Å². The molecule has 6 nitrogen and oxygen atoms in total. The first-order valence-corrected chi connectivity index (χ1v) is 7.34. The average molecular weight is 331 g/mol. The Kier molecular flexibility index (Phi) is 5.89. The van der Waals surface area contributed by atoms with Gasteiger partial charge >= 0.3 is 0 Å². The van der Waals surface area contributed by atoms with E-state index >= 15 is 0 Å². The zero-order chi connectivity index (χ0) is 17.5. The maximum Gasteiger partial charge on any atom is 0.251 e. The Morgan fingerprint density at radius 3 is 2.04 bits per heavy atom. The molecule has 0 aliphatic rings. The van der Waals surface area contributed by atoms with Crippen LogP contribution in [-0.2, 0) is 6.54 Å². The molecule has 0 spiro atoms. The summed E-state index contributed by atoms with van der Waals surface area (Å²) in [4.78, 5) is 12.3. The molecule has 1 N–H and O–H groups in total. The summed E-state index contributed by atoms with van der Waals surface area (Å²) in [6, 6.07) is 10.4. The van der Waals surface area contributed by atoms with E-state index in [4.69, 9.17) is 18.9 Å². The van der Waals surface area contributed by atoms with Crippen molar-refractivity contribution in [1.82, 2.24) is 5.32 Å². The zero-order valence-corrected chi connectivity index (χ0v) is 14.2. The van der Waals surface area contributed by atoms with Crippen LogP contribution in [0.5, 0.6) is 23.0 Å². The van der Waals surface area contributed by atoms with Crippen molar-refractivity contribution in [3.8, 4) is 23.0 Å². The summed E-state index contributed by atoms with van der Waals surface area (Å²) in [6.45, 7) is 0.256. The van der Waals surface area contributed by atoms with Crippen LogP contribution in [0.25, 0.3) is 0 Å². The zero-order valence-electron chi connectivity index (χ0n) is 14.2. The van der Waals surface area contributed by atoms with Crippen molar-refractivity contribution in [1.29, 1.82) is 0 Å². The Balaban J connectivity index is 2.20. The minimum absolute atomic E-state index is 0.214. The fraction of sp³-hybridized carbons (Fsp3) is 0.278. The van der Waals surface area contributed by atoms with E-state index in [1.807, 2.05) is 0 Å². The number of methoxy groups -OCH3 is 4. The monoisotopic (exact) mass is 331 g/mol. The fourth-order valence-corrected chi connectivity index (χ4v) is 2.29. The van der Waals surface area contributed by atoms with Gasteiger partial charge in [-0.15, -0.1) is 0 Å². The Morgan fingerprint density at radius 1 is 0.875 bits per heavy atom. The number of nitrogens with one attached hydrogen (secondary N) is 1. The molecule has 1 amide bonds. The normalized spacial score (nSPS) is 10.0. The van der Waals surface area contributed by atoms with Crippen molar-refractivity contribution >= 4 is 5.91 Å². The first kappa shape index (κ1) is 17.5. The number of hydrogen-bond donors (Lipinski definition) is 1. The maximum absolute atomic E-state index is 12.3.